The summed E-state index contributed by atoms with van der Waals surface area (Å²) in [5.74, 6) is 0. The van der Waals surface area contributed by atoms with Crippen molar-refractivity contribution in [2.75, 3.05) is 4.90 Å². The number of rotatable bonds is 6. The lowest BCUT2D eigenvalue weighted by atomic mass is 9.82. The second-order valence-corrected chi connectivity index (χ2v) is 20.4. The zero-order valence-electron chi connectivity index (χ0n) is 40.2. The van der Waals surface area contributed by atoms with Crippen LogP contribution in [0.1, 0.15) is 25.0 Å². The molecule has 4 heteroatoms. The Bertz CT molecular complexity index is 4760. The maximum atomic E-state index is 6.95. The minimum Gasteiger partial charge on any atom is -0.456 e. The van der Waals surface area contributed by atoms with E-state index in [1.165, 1.54) is 87.5 Å². The van der Waals surface area contributed by atoms with Crippen molar-refractivity contribution < 1.29 is 8.83 Å². The van der Waals surface area contributed by atoms with E-state index in [4.69, 9.17) is 8.83 Å². The molecule has 73 heavy (non-hydrogen) atoms. The Morgan fingerprint density at radius 3 is 1.79 bits per heavy atom. The topological polar surface area (TPSA) is 34.5 Å². The second kappa shape index (κ2) is 14.8. The molecule has 3 heterocycles. The molecule has 4 nitrogen and oxygen atoms in total. The first kappa shape index (κ1) is 40.4. The molecule has 15 aromatic rings. The molecule has 1 aliphatic carbocycles. The van der Waals surface area contributed by atoms with Crippen molar-refractivity contribution in [3.8, 4) is 39.1 Å². The number of hydrogen-bond donors (Lipinski definition) is 0. The molecule has 0 saturated carbocycles. The first-order valence-corrected chi connectivity index (χ1v) is 25.2. The normalized spacial score (nSPS) is 13.2. The zero-order chi connectivity index (χ0) is 48.1. The fraction of sp³-hybridized carbons (Fsp3) is 0.0435. The largest absolute Gasteiger partial charge is 0.456 e. The Morgan fingerprint density at radius 1 is 0.342 bits per heavy atom. The van der Waals surface area contributed by atoms with Crippen LogP contribution < -0.4 is 4.90 Å². The van der Waals surface area contributed by atoms with Gasteiger partial charge in [-0.25, -0.2) is 0 Å². The van der Waals surface area contributed by atoms with Crippen molar-refractivity contribution in [1.29, 1.82) is 0 Å². The molecule has 0 fully saturated rings. The van der Waals surface area contributed by atoms with Gasteiger partial charge < -0.3 is 18.3 Å². The average molecular weight is 933 g/mol. The first-order valence-electron chi connectivity index (χ1n) is 25.2. The molecule has 0 unspecified atom stereocenters. The summed E-state index contributed by atoms with van der Waals surface area (Å²) >= 11 is 0. The van der Waals surface area contributed by atoms with E-state index in [9.17, 15) is 0 Å². The summed E-state index contributed by atoms with van der Waals surface area (Å²) in [7, 11) is 0. The van der Waals surface area contributed by atoms with Gasteiger partial charge in [0.15, 0.2) is 0 Å². The summed E-state index contributed by atoms with van der Waals surface area (Å²) in [4.78, 5) is 2.43. The molecular formula is C69H44N2O2. The van der Waals surface area contributed by atoms with Gasteiger partial charge >= 0.3 is 0 Å². The molecule has 0 saturated heterocycles. The van der Waals surface area contributed by atoms with Gasteiger partial charge in [0.2, 0.25) is 0 Å². The molecule has 1 aliphatic rings. The highest BCUT2D eigenvalue weighted by Gasteiger charge is 2.36. The Kier molecular flexibility index (Phi) is 8.20. The van der Waals surface area contributed by atoms with Crippen molar-refractivity contribution in [3.05, 3.63) is 242 Å². The van der Waals surface area contributed by atoms with E-state index in [1.54, 1.807) is 0 Å². The highest BCUT2D eigenvalue weighted by molar-refractivity contribution is 6.35. The van der Waals surface area contributed by atoms with Crippen LogP contribution in [0.15, 0.2) is 239 Å². The quantitative estimate of drug-likeness (QED) is 0.156. The zero-order valence-corrected chi connectivity index (χ0v) is 40.2. The average Bonchev–Trinajstić information content (AvgIpc) is 4.18. The lowest BCUT2D eigenvalue weighted by Crippen LogP contribution is -2.16. The molecule has 0 amide bonds. The van der Waals surface area contributed by atoms with Crippen molar-refractivity contribution in [1.82, 2.24) is 4.57 Å². The number of aromatic nitrogens is 1. The molecule has 16 rings (SSSR count). The van der Waals surface area contributed by atoms with E-state index in [0.717, 1.165) is 67.0 Å². The summed E-state index contributed by atoms with van der Waals surface area (Å²) in [6.45, 7) is 4.71. The van der Waals surface area contributed by atoms with Crippen molar-refractivity contribution in [3.63, 3.8) is 0 Å². The molecule has 0 atom stereocenters. The highest BCUT2D eigenvalue weighted by Crippen LogP contribution is 2.52. The summed E-state index contributed by atoms with van der Waals surface area (Å²) in [5, 5.41) is 11.9. The van der Waals surface area contributed by atoms with Gasteiger partial charge in [0.1, 0.15) is 22.3 Å². The third-order valence-electron chi connectivity index (χ3n) is 16.1. The van der Waals surface area contributed by atoms with E-state index in [-0.39, 0.29) is 5.41 Å². The lowest BCUT2D eigenvalue weighted by Gasteiger charge is -2.28. The predicted molar refractivity (Wildman–Crippen MR) is 305 cm³/mol. The maximum Gasteiger partial charge on any atom is 0.137 e. The molecule has 0 spiro atoms. The fourth-order valence-electron chi connectivity index (χ4n) is 12.8. The molecule has 0 N–H and O–H groups in total. The number of nitrogens with zero attached hydrogens (tertiary/aromatic N) is 2. The number of para-hydroxylation sites is 2. The number of anilines is 3. The van der Waals surface area contributed by atoms with Crippen LogP contribution in [0.5, 0.6) is 0 Å². The van der Waals surface area contributed by atoms with Crippen LogP contribution in [-0.2, 0) is 5.41 Å². The van der Waals surface area contributed by atoms with Crippen LogP contribution >= 0.6 is 0 Å². The van der Waals surface area contributed by atoms with Crippen LogP contribution in [0.2, 0.25) is 0 Å². The summed E-state index contributed by atoms with van der Waals surface area (Å²) in [5.41, 5.74) is 20.0. The SMILES string of the molecule is CC1(C)c2ccccc2-c2ccc(N(c3ccc(-c4ccc5c(c4)c4ccccc4n5-c4ccccc4)cc3)c3cccc4oc5cc(-c6cccc7c8cccc9oc%10cccc(c67)c%10c98)ccc5c34)cc21. The summed E-state index contributed by atoms with van der Waals surface area (Å²) in [6.07, 6.45) is 0. The Labute approximate surface area is 420 Å². The van der Waals surface area contributed by atoms with Gasteiger partial charge in [0.05, 0.1) is 22.1 Å². The van der Waals surface area contributed by atoms with Gasteiger partial charge in [0, 0.05) is 49.4 Å². The van der Waals surface area contributed by atoms with Crippen LogP contribution in [0.25, 0.3) is 126 Å². The summed E-state index contributed by atoms with van der Waals surface area (Å²) < 4.78 is 15.7. The van der Waals surface area contributed by atoms with Gasteiger partial charge in [-0.15, -0.1) is 0 Å². The van der Waals surface area contributed by atoms with Crippen molar-refractivity contribution >= 4 is 104 Å². The van der Waals surface area contributed by atoms with Gasteiger partial charge in [-0.3, -0.25) is 0 Å². The maximum absolute atomic E-state index is 6.95. The molecule has 0 aliphatic heterocycles. The predicted octanol–water partition coefficient (Wildman–Crippen LogP) is 19.4. The van der Waals surface area contributed by atoms with Gasteiger partial charge in [-0.2, -0.15) is 0 Å². The monoisotopic (exact) mass is 932 g/mol. The van der Waals surface area contributed by atoms with E-state index >= 15 is 0 Å². The van der Waals surface area contributed by atoms with Crippen LogP contribution in [0, 0.1) is 0 Å². The smallest absolute Gasteiger partial charge is 0.137 e. The first-order chi connectivity index (χ1) is 36.0. The second-order valence-electron chi connectivity index (χ2n) is 20.4. The van der Waals surface area contributed by atoms with Crippen LogP contribution in [0.4, 0.5) is 17.1 Å². The van der Waals surface area contributed by atoms with E-state index in [1.807, 2.05) is 0 Å². The number of fused-ring (bicyclic) bond motifs is 12. The third kappa shape index (κ3) is 5.66. The van der Waals surface area contributed by atoms with Gasteiger partial charge in [-0.05, 0) is 157 Å². The fourth-order valence-corrected chi connectivity index (χ4v) is 12.8. The van der Waals surface area contributed by atoms with E-state index in [0.29, 0.717) is 0 Å². The van der Waals surface area contributed by atoms with Gasteiger partial charge in [-0.1, -0.05) is 153 Å². The van der Waals surface area contributed by atoms with Crippen LogP contribution in [-0.4, -0.2) is 4.57 Å². The minimum atomic E-state index is -0.168. The molecule has 0 bridgehead atoms. The van der Waals surface area contributed by atoms with Gasteiger partial charge in [0.25, 0.3) is 0 Å². The van der Waals surface area contributed by atoms with E-state index in [2.05, 4.69) is 254 Å². The third-order valence-corrected chi connectivity index (χ3v) is 16.1. The summed E-state index contributed by atoms with van der Waals surface area (Å²) in [6, 6.07) is 84.1. The number of furan rings is 2. The molecule has 342 valence electrons. The van der Waals surface area contributed by atoms with E-state index < -0.39 is 0 Å². The Hall–Kier alpha value is -9.38. The highest BCUT2D eigenvalue weighted by atomic mass is 16.3. The lowest BCUT2D eigenvalue weighted by molar-refractivity contribution is 0.660. The standard InChI is InChI=1S/C69H44N2O2/c1-69(2)56-22-8-6-16-48(56)49-36-34-46(40-57(49)69)70(45-32-28-41(29-33-45)42-31-37-59-55(38-42)50-17-7-9-23-58(50)71(59)44-14-4-3-5-15-44)60-24-13-27-61-66(60)53-35-30-43(39-64(53)73-61)47-18-10-19-51-52-20-11-25-62-67(52)68-54(65(47)51)21-12-26-63(68)72-62/h3-40H,1-2H3. The molecular weight excluding hydrogens is 889 g/mol. The Morgan fingerprint density at radius 2 is 0.945 bits per heavy atom. The minimum absolute atomic E-state index is 0.168. The molecule has 12 aromatic carbocycles. The molecule has 0 radical (unpaired) electrons. The van der Waals surface area contributed by atoms with Crippen molar-refractivity contribution in [2.45, 2.75) is 19.3 Å². The number of hydrogen-bond acceptors (Lipinski definition) is 3. The van der Waals surface area contributed by atoms with Crippen molar-refractivity contribution in [2.24, 2.45) is 0 Å². The van der Waals surface area contributed by atoms with Crippen LogP contribution in [0.3, 0.4) is 0 Å². The number of benzene rings is 12. The molecule has 3 aromatic heterocycles. The Balaban J connectivity index is 0.861.